The monoisotopic (exact) mass is 535 g/mol. The summed E-state index contributed by atoms with van der Waals surface area (Å²) in [6.45, 7) is -0.00212. The minimum Gasteiger partial charge on any atom is -0.383 e. The van der Waals surface area contributed by atoms with E-state index in [4.69, 9.17) is 27.9 Å². The largest absolute Gasteiger partial charge is 0.383 e. The lowest BCUT2D eigenvalue weighted by atomic mass is 10.1. The second kappa shape index (κ2) is 12.0. The predicted octanol–water partition coefficient (Wildman–Crippen LogP) is 4.20. The second-order valence-corrected chi connectivity index (χ2v) is 9.89. The third-order valence-corrected chi connectivity index (χ3v) is 7.44. The van der Waals surface area contributed by atoms with Crippen molar-refractivity contribution in [2.24, 2.45) is 0 Å². The molecule has 184 valence electrons. The summed E-state index contributed by atoms with van der Waals surface area (Å²) in [5, 5.41) is 5.43. The van der Waals surface area contributed by atoms with Crippen molar-refractivity contribution in [1.82, 2.24) is 5.32 Å². The van der Waals surface area contributed by atoms with Crippen molar-refractivity contribution in [2.45, 2.75) is 4.90 Å². The first-order valence-electron chi connectivity index (χ1n) is 10.4. The van der Waals surface area contributed by atoms with Crippen molar-refractivity contribution >= 4 is 56.4 Å². The highest BCUT2D eigenvalue weighted by molar-refractivity contribution is 7.92. The maximum atomic E-state index is 13.5. The van der Waals surface area contributed by atoms with Crippen molar-refractivity contribution in [3.63, 3.8) is 0 Å². The number of hydrogen-bond donors (Lipinski definition) is 2. The van der Waals surface area contributed by atoms with Gasteiger partial charge in [-0.3, -0.25) is 13.9 Å². The van der Waals surface area contributed by atoms with E-state index in [1.54, 1.807) is 42.5 Å². The van der Waals surface area contributed by atoms with E-state index in [-0.39, 0.29) is 38.4 Å². The smallest absolute Gasteiger partial charge is 0.264 e. The molecule has 8 nitrogen and oxygen atoms in total. The van der Waals surface area contributed by atoms with Gasteiger partial charge in [-0.1, -0.05) is 59.6 Å². The lowest BCUT2D eigenvalue weighted by Crippen LogP contribution is -2.38. The molecule has 0 saturated carbocycles. The van der Waals surface area contributed by atoms with E-state index in [2.05, 4.69) is 10.6 Å². The number of carbonyl (C=O) groups is 2. The van der Waals surface area contributed by atoms with Gasteiger partial charge in [-0.2, -0.15) is 0 Å². The van der Waals surface area contributed by atoms with E-state index in [0.29, 0.717) is 6.61 Å². The van der Waals surface area contributed by atoms with Gasteiger partial charge in [-0.15, -0.1) is 0 Å². The number of benzene rings is 3. The number of methoxy groups -OCH3 is 1. The zero-order chi connectivity index (χ0) is 25.4. The van der Waals surface area contributed by atoms with Crippen molar-refractivity contribution in [3.8, 4) is 0 Å². The average molecular weight is 536 g/mol. The summed E-state index contributed by atoms with van der Waals surface area (Å²) in [5.74, 6) is -1.10. The quantitative estimate of drug-likeness (QED) is 0.378. The number of hydrogen-bond acceptors (Lipinski definition) is 5. The summed E-state index contributed by atoms with van der Waals surface area (Å²) in [5.41, 5.74) is 0.487. The molecular formula is C24H23Cl2N3O5S. The first-order chi connectivity index (χ1) is 16.8. The summed E-state index contributed by atoms with van der Waals surface area (Å²) >= 11 is 12.4. The van der Waals surface area contributed by atoms with Gasteiger partial charge in [-0.25, -0.2) is 8.42 Å². The van der Waals surface area contributed by atoms with Gasteiger partial charge >= 0.3 is 0 Å². The zero-order valence-electron chi connectivity index (χ0n) is 18.7. The lowest BCUT2D eigenvalue weighted by Gasteiger charge is -2.25. The number of para-hydroxylation sites is 1. The third-order valence-electron chi connectivity index (χ3n) is 4.86. The number of amides is 2. The van der Waals surface area contributed by atoms with Crippen LogP contribution in [0, 0.1) is 0 Å². The van der Waals surface area contributed by atoms with E-state index in [1.807, 2.05) is 0 Å². The Kier molecular flexibility index (Phi) is 9.11. The number of ether oxygens (including phenoxy) is 1. The Morgan fingerprint density at radius 1 is 0.943 bits per heavy atom. The maximum absolute atomic E-state index is 13.5. The minimum atomic E-state index is -4.19. The van der Waals surface area contributed by atoms with Gasteiger partial charge in [-0.05, 0) is 36.4 Å². The van der Waals surface area contributed by atoms with E-state index in [9.17, 15) is 18.0 Å². The molecule has 11 heteroatoms. The van der Waals surface area contributed by atoms with Crippen LogP contribution < -0.4 is 14.9 Å². The average Bonchev–Trinajstić information content (AvgIpc) is 2.85. The molecule has 3 aromatic rings. The Morgan fingerprint density at radius 2 is 1.63 bits per heavy atom. The number of halogens is 2. The van der Waals surface area contributed by atoms with Crippen LogP contribution in [0.15, 0.2) is 77.7 Å². The maximum Gasteiger partial charge on any atom is 0.264 e. The number of rotatable bonds is 10. The molecule has 0 aliphatic heterocycles. The van der Waals surface area contributed by atoms with Crippen LogP contribution in [0.1, 0.15) is 10.4 Å². The van der Waals surface area contributed by atoms with Crippen LogP contribution in [0.5, 0.6) is 0 Å². The molecule has 3 aromatic carbocycles. The van der Waals surface area contributed by atoms with Crippen LogP contribution in [0.2, 0.25) is 10.0 Å². The van der Waals surface area contributed by atoms with Gasteiger partial charge in [0.2, 0.25) is 5.91 Å². The predicted molar refractivity (Wildman–Crippen MR) is 137 cm³/mol. The van der Waals surface area contributed by atoms with Crippen LogP contribution in [-0.4, -0.2) is 47.0 Å². The SMILES string of the molecule is COCCNC(=O)c1ccccc1NC(=O)CN(c1cccc(Cl)c1Cl)S(=O)(=O)c1ccccc1. The summed E-state index contributed by atoms with van der Waals surface area (Å²) in [7, 11) is -2.67. The van der Waals surface area contributed by atoms with Crippen LogP contribution >= 0.6 is 23.2 Å². The fraction of sp³-hybridized carbons (Fsp3) is 0.167. The highest BCUT2D eigenvalue weighted by Gasteiger charge is 2.29. The summed E-state index contributed by atoms with van der Waals surface area (Å²) in [6.07, 6.45) is 0. The van der Waals surface area contributed by atoms with Gasteiger partial charge < -0.3 is 15.4 Å². The lowest BCUT2D eigenvalue weighted by molar-refractivity contribution is -0.114. The second-order valence-electron chi connectivity index (χ2n) is 7.24. The summed E-state index contributed by atoms with van der Waals surface area (Å²) in [6, 6.07) is 18.6. The van der Waals surface area contributed by atoms with Crippen LogP contribution in [0.4, 0.5) is 11.4 Å². The molecule has 3 rings (SSSR count). The van der Waals surface area contributed by atoms with Crippen molar-refractivity contribution in [1.29, 1.82) is 0 Å². The minimum absolute atomic E-state index is 0.0145. The van der Waals surface area contributed by atoms with Gasteiger partial charge in [0.05, 0.1) is 38.5 Å². The summed E-state index contributed by atoms with van der Waals surface area (Å²) in [4.78, 5) is 25.6. The van der Waals surface area contributed by atoms with Crippen LogP contribution in [0.3, 0.4) is 0 Å². The first-order valence-corrected chi connectivity index (χ1v) is 12.6. The number of anilines is 2. The number of nitrogens with zero attached hydrogens (tertiary/aromatic N) is 1. The van der Waals surface area contributed by atoms with Crippen LogP contribution in [-0.2, 0) is 19.6 Å². The third kappa shape index (κ3) is 6.52. The zero-order valence-corrected chi connectivity index (χ0v) is 21.0. The fourth-order valence-electron chi connectivity index (χ4n) is 3.18. The highest BCUT2D eigenvalue weighted by atomic mass is 35.5. The fourth-order valence-corrected chi connectivity index (χ4v) is 5.08. The molecule has 0 fully saturated rings. The number of sulfonamides is 1. The molecule has 0 spiro atoms. The molecule has 0 aliphatic carbocycles. The van der Waals surface area contributed by atoms with Crippen molar-refractivity contribution in [3.05, 3.63) is 88.4 Å². The molecule has 35 heavy (non-hydrogen) atoms. The van der Waals surface area contributed by atoms with Gasteiger partial charge in [0.1, 0.15) is 6.54 Å². The van der Waals surface area contributed by atoms with E-state index >= 15 is 0 Å². The molecule has 0 atom stereocenters. The molecule has 0 bridgehead atoms. The molecule has 2 N–H and O–H groups in total. The molecule has 0 heterocycles. The Hall–Kier alpha value is -3.11. The normalized spacial score (nSPS) is 11.1. The van der Waals surface area contributed by atoms with Crippen LogP contribution in [0.25, 0.3) is 0 Å². The molecule has 0 radical (unpaired) electrons. The van der Waals surface area contributed by atoms with E-state index in [1.165, 1.54) is 37.4 Å². The Bertz CT molecular complexity index is 1300. The van der Waals surface area contributed by atoms with E-state index < -0.39 is 28.4 Å². The molecule has 0 saturated heterocycles. The van der Waals surface area contributed by atoms with Gasteiger partial charge in [0, 0.05) is 13.7 Å². The number of nitrogens with one attached hydrogen (secondary N) is 2. The Labute approximate surface area is 213 Å². The molecule has 0 aromatic heterocycles. The summed E-state index contributed by atoms with van der Waals surface area (Å²) < 4.78 is 32.8. The Morgan fingerprint density at radius 3 is 2.34 bits per heavy atom. The topological polar surface area (TPSA) is 105 Å². The van der Waals surface area contributed by atoms with Crippen molar-refractivity contribution < 1.29 is 22.7 Å². The molecule has 0 unspecified atom stereocenters. The highest BCUT2D eigenvalue weighted by Crippen LogP contribution is 2.35. The molecule has 2 amide bonds. The number of carbonyl (C=O) groups excluding carboxylic acids is 2. The Balaban J connectivity index is 1.92. The van der Waals surface area contributed by atoms with Gasteiger partial charge in [0.25, 0.3) is 15.9 Å². The van der Waals surface area contributed by atoms with Gasteiger partial charge in [0.15, 0.2) is 0 Å². The standard InChI is InChI=1S/C24H23Cl2N3O5S/c1-34-15-14-27-24(31)18-10-5-6-12-20(18)28-22(30)16-29(21-13-7-11-19(25)23(21)26)35(32,33)17-8-3-2-4-9-17/h2-13H,14-16H2,1H3,(H,27,31)(H,28,30). The van der Waals surface area contributed by atoms with Crippen molar-refractivity contribution in [2.75, 3.05) is 36.4 Å². The molecular weight excluding hydrogens is 513 g/mol. The van der Waals surface area contributed by atoms with E-state index in [0.717, 1.165) is 4.31 Å². The molecule has 0 aliphatic rings. The first kappa shape index (κ1) is 26.5.